The van der Waals surface area contributed by atoms with Gasteiger partial charge >= 0.3 is 115 Å². The van der Waals surface area contributed by atoms with Gasteiger partial charge in [-0.25, -0.2) is 0 Å². The van der Waals surface area contributed by atoms with Crippen molar-refractivity contribution in [2.24, 2.45) is 5.92 Å². The maximum absolute atomic E-state index is 12.4. The Hall–Kier alpha value is -0.418. The Bertz CT molecular complexity index is 522. The predicted molar refractivity (Wildman–Crippen MR) is 60.1 cm³/mol. The number of fused-ring (bicyclic) bond motifs is 2. The summed E-state index contributed by atoms with van der Waals surface area (Å²) in [6, 6.07) is 0. The van der Waals surface area contributed by atoms with Crippen LogP contribution in [-0.2, 0) is 30.2 Å². The Balaban J connectivity index is 2.26. The number of alkyl halides is 3. The predicted octanol–water partition coefficient (Wildman–Crippen LogP) is 3.29. The molecule has 2 rings (SSSR count). The van der Waals surface area contributed by atoms with E-state index in [4.69, 9.17) is 0 Å². The number of rotatable bonds is 5. The van der Waals surface area contributed by atoms with Crippen molar-refractivity contribution in [1.82, 2.24) is 0 Å². The van der Waals surface area contributed by atoms with Gasteiger partial charge in [0.1, 0.15) is 0 Å². The van der Waals surface area contributed by atoms with Gasteiger partial charge in [0.15, 0.2) is 0 Å². The molecule has 0 amide bonds. The summed E-state index contributed by atoms with van der Waals surface area (Å²) in [5.41, 5.74) is -5.38. The molecule has 0 saturated heterocycles. The first-order chi connectivity index (χ1) is 8.70. The van der Waals surface area contributed by atoms with E-state index >= 15 is 0 Å². The van der Waals surface area contributed by atoms with E-state index in [0.717, 1.165) is 0 Å². The van der Waals surface area contributed by atoms with Crippen LogP contribution in [0.5, 0.6) is 0 Å². The van der Waals surface area contributed by atoms with Crippen molar-refractivity contribution >= 4 is 10.1 Å². The third kappa shape index (κ3) is 2.72. The molecule has 0 aromatic heterocycles. The second kappa shape index (κ2) is 4.85. The van der Waals surface area contributed by atoms with Gasteiger partial charge in [-0.2, -0.15) is 0 Å². The summed E-state index contributed by atoms with van der Waals surface area (Å²) in [5.74, 6) is 0.172. The molecule has 0 aromatic rings. The fraction of sp³-hybridized carbons (Fsp3) is 0.455. The van der Waals surface area contributed by atoms with Gasteiger partial charge in [-0.05, 0) is 0 Å². The molecule has 111 valence electrons. The van der Waals surface area contributed by atoms with Gasteiger partial charge in [-0.3, -0.25) is 0 Å². The van der Waals surface area contributed by atoms with E-state index in [1.807, 2.05) is 12.2 Å². The molecule has 2 aliphatic carbocycles. The molecule has 19 heavy (non-hydrogen) atoms. The third-order valence-corrected chi connectivity index (χ3v) is 8.98. The Labute approximate surface area is 115 Å². The van der Waals surface area contributed by atoms with Crippen LogP contribution >= 0.6 is 0 Å². The molecule has 0 heterocycles. The molecule has 0 fully saturated rings. The number of allylic oxidation sites excluding steroid dienone is 5. The molecule has 2 bridgehead atoms. The normalized spacial score (nSPS) is 29.8. The van der Waals surface area contributed by atoms with Crippen molar-refractivity contribution in [2.75, 3.05) is 0 Å². The SMILES string of the molecule is C=C[CH2][Pd]([O]S(=O)(=O)C(F)(F)F)[C]12C=CC(C=C1)C2. The van der Waals surface area contributed by atoms with Crippen LogP contribution in [-0.4, -0.2) is 13.9 Å². The van der Waals surface area contributed by atoms with E-state index in [2.05, 4.69) is 9.49 Å². The zero-order chi connectivity index (χ0) is 14.3. The van der Waals surface area contributed by atoms with Crippen molar-refractivity contribution < 1.29 is 41.6 Å². The fourth-order valence-electron chi connectivity index (χ4n) is 1.87. The molecular formula is C11H12F3O3PdS. The van der Waals surface area contributed by atoms with Gasteiger partial charge in [0, 0.05) is 0 Å². The first kappa shape index (κ1) is 15.0. The average Bonchev–Trinajstić information content (AvgIpc) is 2.87. The van der Waals surface area contributed by atoms with E-state index in [1.54, 1.807) is 12.2 Å². The minimum absolute atomic E-state index is 0.141. The molecule has 0 saturated carbocycles. The van der Waals surface area contributed by atoms with Gasteiger partial charge in [0.2, 0.25) is 0 Å². The number of hydrogen-bond donors (Lipinski definition) is 0. The third-order valence-electron chi connectivity index (χ3n) is 2.71. The van der Waals surface area contributed by atoms with Crippen molar-refractivity contribution in [3.63, 3.8) is 0 Å². The molecular weight excluding hydrogens is 376 g/mol. The monoisotopic (exact) mass is 387 g/mol. The van der Waals surface area contributed by atoms with Crippen LogP contribution in [0.2, 0.25) is 8.78 Å². The summed E-state index contributed by atoms with van der Waals surface area (Å²) < 4.78 is 63.4. The molecule has 0 atom stereocenters. The van der Waals surface area contributed by atoms with Crippen molar-refractivity contribution in [3.8, 4) is 0 Å². The molecule has 0 N–H and O–H groups in total. The Kier molecular flexibility index (Phi) is 3.82. The fourth-order valence-corrected chi connectivity index (χ4v) is 7.55. The molecule has 0 unspecified atom stereocenters. The van der Waals surface area contributed by atoms with Gasteiger partial charge in [0.25, 0.3) is 0 Å². The summed E-state index contributed by atoms with van der Waals surface area (Å²) in [6.07, 6.45) is 9.30. The Morgan fingerprint density at radius 3 is 2.37 bits per heavy atom. The molecule has 8 heteroatoms. The zero-order valence-electron chi connectivity index (χ0n) is 9.67. The van der Waals surface area contributed by atoms with E-state index in [0.29, 0.717) is 6.42 Å². The van der Waals surface area contributed by atoms with Gasteiger partial charge in [-0.1, -0.05) is 0 Å². The molecule has 0 aromatic carbocycles. The van der Waals surface area contributed by atoms with Crippen molar-refractivity contribution in [3.05, 3.63) is 37.0 Å². The summed E-state index contributed by atoms with van der Waals surface area (Å²) in [5, 5.41) is 0. The van der Waals surface area contributed by atoms with Crippen molar-refractivity contribution in [1.29, 1.82) is 0 Å². The van der Waals surface area contributed by atoms with Gasteiger partial charge in [0.05, 0.1) is 0 Å². The van der Waals surface area contributed by atoms with Crippen LogP contribution in [0, 0.1) is 5.92 Å². The Morgan fingerprint density at radius 2 is 2.00 bits per heavy atom. The van der Waals surface area contributed by atoms with E-state index in [-0.39, 0.29) is 10.8 Å². The topological polar surface area (TPSA) is 43.4 Å². The maximum atomic E-state index is 12.4. The van der Waals surface area contributed by atoms with Gasteiger partial charge in [-0.15, -0.1) is 0 Å². The molecule has 3 nitrogen and oxygen atoms in total. The number of hydrogen-bond acceptors (Lipinski definition) is 3. The van der Waals surface area contributed by atoms with Crippen LogP contribution < -0.4 is 0 Å². The summed E-state index contributed by atoms with van der Waals surface area (Å²) >= 11 is -2.45. The second-order valence-corrected chi connectivity index (χ2v) is 9.74. The van der Waals surface area contributed by atoms with Crippen molar-refractivity contribution in [2.45, 2.75) is 20.7 Å². The number of halogens is 3. The van der Waals surface area contributed by atoms with Crippen LogP contribution in [0.25, 0.3) is 0 Å². The van der Waals surface area contributed by atoms with Crippen LogP contribution in [0.3, 0.4) is 0 Å². The second-order valence-electron chi connectivity index (χ2n) is 4.09. The summed E-state index contributed by atoms with van der Waals surface area (Å²) in [7, 11) is -5.55. The average molecular weight is 388 g/mol. The summed E-state index contributed by atoms with van der Waals surface area (Å²) in [6.45, 7) is 3.47. The van der Waals surface area contributed by atoms with Crippen LogP contribution in [0.4, 0.5) is 13.2 Å². The van der Waals surface area contributed by atoms with E-state index in [9.17, 15) is 21.6 Å². The first-order valence-electron chi connectivity index (χ1n) is 5.27. The molecule has 0 aliphatic heterocycles. The molecule has 0 spiro atoms. The minimum atomic E-state index is -5.55. The van der Waals surface area contributed by atoms with E-state index < -0.39 is 36.6 Å². The summed E-state index contributed by atoms with van der Waals surface area (Å²) in [4.78, 5) is 0.141. The first-order valence-corrected chi connectivity index (χ1v) is 9.19. The Morgan fingerprint density at radius 1 is 1.42 bits per heavy atom. The standard InChI is InChI=1S/C7H7.C3H5.CHF3O3S.Pd/c1-2-7-4-3-6(1)5-7;1-3-2;2-1(3,4)8(5,6)7;/h1-4,6H,5H2;3H,1-2H2;(H,5,6,7);/q;;;+1/p-1. The van der Waals surface area contributed by atoms with E-state index in [1.165, 1.54) is 6.08 Å². The van der Waals surface area contributed by atoms with Crippen LogP contribution in [0.15, 0.2) is 37.0 Å². The quantitative estimate of drug-likeness (QED) is 0.413. The molecule has 0 radical (unpaired) electrons. The van der Waals surface area contributed by atoms with Gasteiger partial charge < -0.3 is 0 Å². The zero-order valence-corrected chi connectivity index (χ0v) is 12.0. The molecule has 2 aliphatic rings. The van der Waals surface area contributed by atoms with Crippen LogP contribution in [0.1, 0.15) is 6.42 Å².